The quantitative estimate of drug-likeness (QED) is 0.770. The summed E-state index contributed by atoms with van der Waals surface area (Å²) >= 11 is 6.10. The fraction of sp³-hybridized carbons (Fsp3) is 0.364. The third-order valence-electron chi connectivity index (χ3n) is 2.54. The Bertz CT molecular complexity index is 417. The average Bonchev–Trinajstić information content (AvgIpc) is 2.16. The first-order chi connectivity index (χ1) is 7.11. The Morgan fingerprint density at radius 1 is 1.47 bits per heavy atom. The minimum absolute atomic E-state index is 0.00617. The van der Waals surface area contributed by atoms with Gasteiger partial charge in [0.05, 0.1) is 16.4 Å². The van der Waals surface area contributed by atoms with Crippen molar-refractivity contribution in [2.24, 2.45) is 0 Å². The van der Waals surface area contributed by atoms with Crippen molar-refractivity contribution < 1.29 is 4.79 Å². The Hall–Kier alpha value is -1.22. The molecule has 1 amide bonds. The van der Waals surface area contributed by atoms with Crippen molar-refractivity contribution in [2.45, 2.75) is 26.3 Å². The van der Waals surface area contributed by atoms with Crippen LogP contribution in [0.3, 0.4) is 0 Å². The number of carbonyl (C=O) groups is 1. The van der Waals surface area contributed by atoms with Crippen LogP contribution in [0.25, 0.3) is 0 Å². The molecular formula is C11H13ClN2O. The second-order valence-corrected chi connectivity index (χ2v) is 4.17. The minimum Gasteiger partial charge on any atom is -0.371 e. The second kappa shape index (κ2) is 3.74. The summed E-state index contributed by atoms with van der Waals surface area (Å²) in [7, 11) is 0. The lowest BCUT2D eigenvalue weighted by molar-refractivity contribution is -0.117. The van der Waals surface area contributed by atoms with E-state index in [2.05, 4.69) is 10.6 Å². The number of hydrogen-bond donors (Lipinski definition) is 2. The number of halogens is 1. The van der Waals surface area contributed by atoms with Gasteiger partial charge in [-0.2, -0.15) is 0 Å². The van der Waals surface area contributed by atoms with Crippen LogP contribution < -0.4 is 10.6 Å². The van der Waals surface area contributed by atoms with Gasteiger partial charge >= 0.3 is 0 Å². The Labute approximate surface area is 93.8 Å². The molecule has 0 spiro atoms. The summed E-state index contributed by atoms with van der Waals surface area (Å²) in [4.78, 5) is 11.6. The SMILES string of the molecule is CCC1Nc2c(Cl)cc(C)cc2NC1=O. The number of aryl methyl sites for hydroxylation is 1. The molecule has 1 heterocycles. The molecule has 4 heteroatoms. The van der Waals surface area contributed by atoms with E-state index in [1.54, 1.807) is 0 Å². The number of rotatable bonds is 1. The number of hydrogen-bond acceptors (Lipinski definition) is 2. The number of fused-ring (bicyclic) bond motifs is 1. The van der Waals surface area contributed by atoms with Crippen molar-refractivity contribution in [3.63, 3.8) is 0 Å². The number of nitrogens with one attached hydrogen (secondary N) is 2. The fourth-order valence-electron chi connectivity index (χ4n) is 1.73. The molecule has 0 aliphatic carbocycles. The van der Waals surface area contributed by atoms with Crippen molar-refractivity contribution in [2.75, 3.05) is 10.6 Å². The van der Waals surface area contributed by atoms with Crippen LogP contribution in [0.1, 0.15) is 18.9 Å². The lowest BCUT2D eigenvalue weighted by Gasteiger charge is -2.27. The van der Waals surface area contributed by atoms with Crippen molar-refractivity contribution >= 4 is 28.9 Å². The molecule has 0 bridgehead atoms. The molecule has 1 aromatic rings. The lowest BCUT2D eigenvalue weighted by atomic mass is 10.1. The van der Waals surface area contributed by atoms with Gasteiger partial charge in [-0.1, -0.05) is 18.5 Å². The summed E-state index contributed by atoms with van der Waals surface area (Å²) in [6, 6.07) is 3.62. The minimum atomic E-state index is -0.183. The van der Waals surface area contributed by atoms with Gasteiger partial charge < -0.3 is 10.6 Å². The van der Waals surface area contributed by atoms with Gasteiger partial charge in [-0.3, -0.25) is 4.79 Å². The summed E-state index contributed by atoms with van der Waals surface area (Å²) in [5, 5.41) is 6.66. The van der Waals surface area contributed by atoms with E-state index in [4.69, 9.17) is 11.6 Å². The highest BCUT2D eigenvalue weighted by atomic mass is 35.5. The van der Waals surface area contributed by atoms with E-state index in [1.165, 1.54) is 0 Å². The van der Waals surface area contributed by atoms with Crippen LogP contribution in [0.15, 0.2) is 12.1 Å². The van der Waals surface area contributed by atoms with E-state index in [-0.39, 0.29) is 11.9 Å². The molecule has 2 rings (SSSR count). The van der Waals surface area contributed by atoms with E-state index >= 15 is 0 Å². The standard InChI is InChI=1S/C11H13ClN2O/c1-3-8-11(15)14-9-5-6(2)4-7(12)10(9)13-8/h4-5,8,13H,3H2,1-2H3,(H,14,15). The summed E-state index contributed by atoms with van der Waals surface area (Å²) < 4.78 is 0. The zero-order valence-electron chi connectivity index (χ0n) is 8.73. The molecule has 0 fully saturated rings. The summed E-state index contributed by atoms with van der Waals surface area (Å²) in [6.07, 6.45) is 0.746. The summed E-state index contributed by atoms with van der Waals surface area (Å²) in [5.41, 5.74) is 2.64. The maximum atomic E-state index is 11.6. The fourth-order valence-corrected chi connectivity index (χ4v) is 2.06. The van der Waals surface area contributed by atoms with Crippen LogP contribution in [0.4, 0.5) is 11.4 Å². The van der Waals surface area contributed by atoms with Crippen LogP contribution >= 0.6 is 11.6 Å². The Morgan fingerprint density at radius 3 is 2.87 bits per heavy atom. The molecular weight excluding hydrogens is 212 g/mol. The number of amides is 1. The van der Waals surface area contributed by atoms with Crippen molar-refractivity contribution in [1.82, 2.24) is 0 Å². The number of carbonyl (C=O) groups excluding carboxylic acids is 1. The largest absolute Gasteiger partial charge is 0.371 e. The monoisotopic (exact) mass is 224 g/mol. The van der Waals surface area contributed by atoms with E-state index in [1.807, 2.05) is 26.0 Å². The van der Waals surface area contributed by atoms with Crippen LogP contribution in [0.5, 0.6) is 0 Å². The van der Waals surface area contributed by atoms with Crippen LogP contribution in [0, 0.1) is 6.92 Å². The van der Waals surface area contributed by atoms with Crippen LogP contribution in [-0.2, 0) is 4.79 Å². The molecule has 0 saturated carbocycles. The molecule has 0 saturated heterocycles. The van der Waals surface area contributed by atoms with Crippen molar-refractivity contribution in [3.05, 3.63) is 22.7 Å². The van der Waals surface area contributed by atoms with E-state index in [0.29, 0.717) is 5.02 Å². The first-order valence-electron chi connectivity index (χ1n) is 4.99. The maximum Gasteiger partial charge on any atom is 0.246 e. The highest BCUT2D eigenvalue weighted by Crippen LogP contribution is 2.35. The first kappa shape index (κ1) is 10.3. The molecule has 1 unspecified atom stereocenters. The molecule has 80 valence electrons. The number of anilines is 2. The summed E-state index contributed by atoms with van der Waals surface area (Å²) in [5.74, 6) is 0.00617. The van der Waals surface area contributed by atoms with Crippen molar-refractivity contribution in [1.29, 1.82) is 0 Å². The predicted molar refractivity (Wildman–Crippen MR) is 62.5 cm³/mol. The summed E-state index contributed by atoms with van der Waals surface area (Å²) in [6.45, 7) is 3.91. The van der Waals surface area contributed by atoms with Gasteiger partial charge in [-0.15, -0.1) is 0 Å². The van der Waals surface area contributed by atoms with E-state index in [9.17, 15) is 4.79 Å². The molecule has 0 aromatic heterocycles. The molecule has 0 radical (unpaired) electrons. The zero-order valence-corrected chi connectivity index (χ0v) is 9.48. The molecule has 1 aromatic carbocycles. The Morgan fingerprint density at radius 2 is 2.20 bits per heavy atom. The van der Waals surface area contributed by atoms with Gasteiger partial charge in [-0.25, -0.2) is 0 Å². The maximum absolute atomic E-state index is 11.6. The third kappa shape index (κ3) is 1.79. The van der Waals surface area contributed by atoms with E-state index < -0.39 is 0 Å². The molecule has 1 aliphatic rings. The van der Waals surface area contributed by atoms with Gasteiger partial charge in [0.15, 0.2) is 0 Å². The first-order valence-corrected chi connectivity index (χ1v) is 5.37. The molecule has 15 heavy (non-hydrogen) atoms. The third-order valence-corrected chi connectivity index (χ3v) is 2.83. The second-order valence-electron chi connectivity index (χ2n) is 3.76. The van der Waals surface area contributed by atoms with Crippen molar-refractivity contribution in [3.8, 4) is 0 Å². The van der Waals surface area contributed by atoms with Gasteiger partial charge in [-0.05, 0) is 31.0 Å². The highest BCUT2D eigenvalue weighted by molar-refractivity contribution is 6.34. The normalized spacial score (nSPS) is 19.1. The highest BCUT2D eigenvalue weighted by Gasteiger charge is 2.25. The number of benzene rings is 1. The molecule has 1 aliphatic heterocycles. The predicted octanol–water partition coefficient (Wildman–Crippen LogP) is 2.79. The molecule has 1 atom stereocenters. The smallest absolute Gasteiger partial charge is 0.246 e. The Kier molecular flexibility index (Phi) is 2.57. The average molecular weight is 225 g/mol. The lowest BCUT2D eigenvalue weighted by Crippen LogP contribution is -2.38. The molecule has 3 nitrogen and oxygen atoms in total. The zero-order chi connectivity index (χ0) is 11.0. The van der Waals surface area contributed by atoms with Gasteiger partial charge in [0.2, 0.25) is 5.91 Å². The van der Waals surface area contributed by atoms with Gasteiger partial charge in [0.1, 0.15) is 6.04 Å². The van der Waals surface area contributed by atoms with Gasteiger partial charge in [0, 0.05) is 0 Å². The Balaban J connectivity index is 2.45. The topological polar surface area (TPSA) is 41.1 Å². The van der Waals surface area contributed by atoms with Crippen LogP contribution in [-0.4, -0.2) is 11.9 Å². The van der Waals surface area contributed by atoms with Crippen LogP contribution in [0.2, 0.25) is 5.02 Å². The van der Waals surface area contributed by atoms with E-state index in [0.717, 1.165) is 23.4 Å². The molecule has 2 N–H and O–H groups in total. The van der Waals surface area contributed by atoms with Gasteiger partial charge in [0.25, 0.3) is 0 Å².